The maximum atomic E-state index is 2.34. The van der Waals surface area contributed by atoms with Gasteiger partial charge in [0.05, 0.1) is 0 Å². The summed E-state index contributed by atoms with van der Waals surface area (Å²) in [5, 5.41) is 0. The second-order valence-electron chi connectivity index (χ2n) is 16.3. The van der Waals surface area contributed by atoms with Gasteiger partial charge in [-0.2, -0.15) is 0 Å². The first-order valence-electron chi connectivity index (χ1n) is 22.7. The molecule has 0 aliphatic heterocycles. The maximum Gasteiger partial charge on any atom is 0.173 e. The maximum absolute atomic E-state index is 2.34. The molecule has 0 saturated carbocycles. The van der Waals surface area contributed by atoms with Crippen molar-refractivity contribution < 1.29 is 18.3 Å². The Morgan fingerprint density at radius 1 is 0.268 bits per heavy atom. The third kappa shape index (κ3) is 16.1. The Bertz CT molecular complexity index is 1590. The minimum absolute atomic E-state index is 0.867. The van der Waals surface area contributed by atoms with Gasteiger partial charge in [-0.25, -0.2) is 18.3 Å². The Morgan fingerprint density at radius 2 is 0.500 bits per heavy atom. The predicted molar refractivity (Wildman–Crippen MR) is 233 cm³/mol. The number of rotatable bonds is 28. The molecular formula is C52H74N4+4. The molecule has 0 aliphatic rings. The molecule has 0 radical (unpaired) electrons. The molecule has 0 aliphatic carbocycles. The molecule has 0 atom stereocenters. The van der Waals surface area contributed by atoms with Crippen molar-refractivity contribution in [2.24, 2.45) is 0 Å². The lowest BCUT2D eigenvalue weighted by atomic mass is 10.1. The van der Waals surface area contributed by atoms with Crippen LogP contribution in [0.15, 0.2) is 122 Å². The summed E-state index contributed by atoms with van der Waals surface area (Å²) in [4.78, 5) is 0. The first-order valence-corrected chi connectivity index (χ1v) is 22.7. The Kier molecular flexibility index (Phi) is 19.8. The minimum atomic E-state index is 0.867. The van der Waals surface area contributed by atoms with Crippen molar-refractivity contribution in [3.05, 3.63) is 133 Å². The van der Waals surface area contributed by atoms with Crippen LogP contribution in [0, 0.1) is 0 Å². The molecule has 298 valence electrons. The van der Waals surface area contributed by atoms with Crippen LogP contribution in [0.4, 0.5) is 0 Å². The number of benzene rings is 1. The highest BCUT2D eigenvalue weighted by Gasteiger charge is 2.10. The summed E-state index contributed by atoms with van der Waals surface area (Å²) in [5.41, 5.74) is 7.71. The van der Waals surface area contributed by atoms with Gasteiger partial charge in [0, 0.05) is 72.5 Å². The SMILES string of the molecule is CCCCCCCCCCCC[n+]1ccc(-c2cc[n+](Cc3ccc(C[n+]4ccc(-c5cc[n+](CCCCCCCCCCCC)cc5)cc4)cc3)cc2)cc1. The van der Waals surface area contributed by atoms with Crippen molar-refractivity contribution in [2.75, 3.05) is 0 Å². The number of unbranched alkanes of at least 4 members (excludes halogenated alkanes) is 18. The lowest BCUT2D eigenvalue weighted by molar-refractivity contribution is -0.697. The normalized spacial score (nSPS) is 11.3. The topological polar surface area (TPSA) is 15.5 Å². The molecule has 5 rings (SSSR count). The van der Waals surface area contributed by atoms with Gasteiger partial charge >= 0.3 is 0 Å². The fraction of sp³-hybridized carbons (Fsp3) is 0.500. The predicted octanol–water partition coefficient (Wildman–Crippen LogP) is 12.1. The zero-order valence-electron chi connectivity index (χ0n) is 35.3. The molecule has 0 N–H and O–H groups in total. The van der Waals surface area contributed by atoms with Crippen LogP contribution in [0.1, 0.15) is 153 Å². The van der Waals surface area contributed by atoms with Crippen molar-refractivity contribution >= 4 is 0 Å². The number of hydrogen-bond donors (Lipinski definition) is 0. The van der Waals surface area contributed by atoms with Crippen LogP contribution in [0.5, 0.6) is 0 Å². The molecule has 4 heterocycles. The van der Waals surface area contributed by atoms with E-state index in [-0.39, 0.29) is 0 Å². The minimum Gasteiger partial charge on any atom is -0.205 e. The number of nitrogens with zero attached hydrogens (tertiary/aromatic N) is 4. The van der Waals surface area contributed by atoms with Crippen LogP contribution in [-0.2, 0) is 26.2 Å². The average molecular weight is 755 g/mol. The van der Waals surface area contributed by atoms with E-state index in [0.29, 0.717) is 0 Å². The van der Waals surface area contributed by atoms with Gasteiger partial charge in [0.2, 0.25) is 0 Å². The first-order chi connectivity index (χ1) is 27.7. The molecule has 4 aromatic heterocycles. The largest absolute Gasteiger partial charge is 0.205 e. The van der Waals surface area contributed by atoms with Crippen molar-refractivity contribution in [1.82, 2.24) is 0 Å². The van der Waals surface area contributed by atoms with Crippen LogP contribution >= 0.6 is 0 Å². The molecule has 4 heteroatoms. The Hall–Kier alpha value is -4.18. The molecule has 4 nitrogen and oxygen atoms in total. The van der Waals surface area contributed by atoms with Crippen molar-refractivity contribution in [3.8, 4) is 22.3 Å². The number of hydrogen-bond acceptors (Lipinski definition) is 0. The van der Waals surface area contributed by atoms with Crippen LogP contribution in [0.25, 0.3) is 22.3 Å². The van der Waals surface area contributed by atoms with E-state index in [1.54, 1.807) is 0 Å². The number of pyridine rings is 4. The second kappa shape index (κ2) is 25.9. The van der Waals surface area contributed by atoms with Gasteiger partial charge in [-0.15, -0.1) is 0 Å². The third-order valence-corrected chi connectivity index (χ3v) is 11.5. The summed E-state index contributed by atoms with van der Waals surface area (Å²) < 4.78 is 9.21. The fourth-order valence-electron chi connectivity index (χ4n) is 7.84. The van der Waals surface area contributed by atoms with Crippen LogP contribution in [-0.4, -0.2) is 0 Å². The molecule has 56 heavy (non-hydrogen) atoms. The van der Waals surface area contributed by atoms with Gasteiger partial charge in [-0.3, -0.25) is 0 Å². The Balaban J connectivity index is 0.975. The fourth-order valence-corrected chi connectivity index (χ4v) is 7.84. The van der Waals surface area contributed by atoms with Gasteiger partial charge in [-0.05, 0) is 35.1 Å². The summed E-state index contributed by atoms with van der Waals surface area (Å²) in [6.07, 6.45) is 45.5. The van der Waals surface area contributed by atoms with E-state index in [1.807, 2.05) is 0 Å². The van der Waals surface area contributed by atoms with E-state index in [1.165, 1.54) is 162 Å². The standard InChI is InChI=1S/C52H74N4/c1-3-5-7-9-11-13-15-17-19-21-35-53-37-27-49(28-38-53)51-31-41-55(42-32-51)45-47-23-25-48(26-24-47)46-56-43-33-52(34-44-56)50-29-39-54(40-30-50)36-22-20-18-16-14-12-10-8-6-4-2/h23-34,37-44H,3-22,35-36,45-46H2,1-2H3/q+4. The van der Waals surface area contributed by atoms with Gasteiger partial charge in [0.15, 0.2) is 62.7 Å². The van der Waals surface area contributed by atoms with Crippen LogP contribution in [0.3, 0.4) is 0 Å². The van der Waals surface area contributed by atoms with Crippen molar-refractivity contribution in [1.29, 1.82) is 0 Å². The Morgan fingerprint density at radius 3 is 0.768 bits per heavy atom. The smallest absolute Gasteiger partial charge is 0.173 e. The molecule has 0 fully saturated rings. The zero-order valence-corrected chi connectivity index (χ0v) is 35.3. The lowest BCUT2D eigenvalue weighted by Crippen LogP contribution is -2.34. The summed E-state index contributed by atoms with van der Waals surface area (Å²) in [5.74, 6) is 0. The Labute approximate surface area is 341 Å². The van der Waals surface area contributed by atoms with E-state index in [2.05, 4.69) is 154 Å². The van der Waals surface area contributed by atoms with E-state index in [9.17, 15) is 0 Å². The summed E-state index contributed by atoms with van der Waals surface area (Å²) >= 11 is 0. The summed E-state index contributed by atoms with van der Waals surface area (Å²) in [6, 6.07) is 27.1. The molecule has 5 aromatic rings. The third-order valence-electron chi connectivity index (χ3n) is 11.5. The van der Waals surface area contributed by atoms with E-state index in [4.69, 9.17) is 0 Å². The first kappa shape index (κ1) is 43.0. The quantitative estimate of drug-likeness (QED) is 0.0357. The monoisotopic (exact) mass is 755 g/mol. The highest BCUT2D eigenvalue weighted by Crippen LogP contribution is 2.18. The number of aryl methyl sites for hydroxylation is 2. The molecule has 0 unspecified atom stereocenters. The van der Waals surface area contributed by atoms with Crippen LogP contribution < -0.4 is 18.3 Å². The van der Waals surface area contributed by atoms with Crippen LogP contribution in [0.2, 0.25) is 0 Å². The molecule has 1 aromatic carbocycles. The van der Waals surface area contributed by atoms with Crippen molar-refractivity contribution in [3.63, 3.8) is 0 Å². The van der Waals surface area contributed by atoms with E-state index in [0.717, 1.165) is 26.2 Å². The molecule has 0 amide bonds. The number of aromatic nitrogens is 4. The van der Waals surface area contributed by atoms with Gasteiger partial charge < -0.3 is 0 Å². The van der Waals surface area contributed by atoms with E-state index < -0.39 is 0 Å². The van der Waals surface area contributed by atoms with Gasteiger partial charge in [0.1, 0.15) is 13.1 Å². The van der Waals surface area contributed by atoms with Gasteiger partial charge in [0.25, 0.3) is 0 Å². The second-order valence-corrected chi connectivity index (χ2v) is 16.3. The van der Waals surface area contributed by atoms with Gasteiger partial charge in [-0.1, -0.05) is 141 Å². The highest BCUT2D eigenvalue weighted by atomic mass is 14.9. The highest BCUT2D eigenvalue weighted by molar-refractivity contribution is 5.61. The molecular weight excluding hydrogens is 681 g/mol. The van der Waals surface area contributed by atoms with E-state index >= 15 is 0 Å². The average Bonchev–Trinajstić information content (AvgIpc) is 3.24. The molecule has 0 saturated heterocycles. The van der Waals surface area contributed by atoms with Crippen molar-refractivity contribution in [2.45, 2.75) is 168 Å². The zero-order chi connectivity index (χ0) is 38.9. The molecule has 0 bridgehead atoms. The lowest BCUT2D eigenvalue weighted by Gasteiger charge is -2.04. The molecule has 0 spiro atoms. The summed E-state index contributed by atoms with van der Waals surface area (Å²) in [6.45, 7) is 8.55. The summed E-state index contributed by atoms with van der Waals surface area (Å²) in [7, 11) is 0.